The van der Waals surface area contributed by atoms with E-state index in [9.17, 15) is 26.4 Å². The fourth-order valence-electron chi connectivity index (χ4n) is 3.75. The van der Waals surface area contributed by atoms with Gasteiger partial charge >= 0.3 is 11.9 Å². The van der Waals surface area contributed by atoms with E-state index < -0.39 is 59.3 Å². The molecule has 4 aromatic rings. The van der Waals surface area contributed by atoms with Gasteiger partial charge in [-0.25, -0.2) is 16.8 Å². The summed E-state index contributed by atoms with van der Waals surface area (Å²) in [5, 5.41) is 1.05. The van der Waals surface area contributed by atoms with Crippen molar-refractivity contribution in [3.8, 4) is 11.5 Å². The van der Waals surface area contributed by atoms with Crippen LogP contribution in [0.4, 0.5) is 0 Å². The molecule has 4 aromatic carbocycles. The second-order valence-corrected chi connectivity index (χ2v) is 11.9. The van der Waals surface area contributed by atoms with Gasteiger partial charge in [0.2, 0.25) is 0 Å². The van der Waals surface area contributed by atoms with Crippen molar-refractivity contribution in [1.82, 2.24) is 0 Å². The zero-order chi connectivity index (χ0) is 30.0. The largest absolute Gasteiger partial charge is 0.427 e. The summed E-state index contributed by atoms with van der Waals surface area (Å²) in [6.45, 7) is -6.31. The van der Waals surface area contributed by atoms with Crippen molar-refractivity contribution < 1.29 is 44.1 Å². The molecular formula is C22H14Cl2O8S2. The van der Waals surface area contributed by atoms with Crippen LogP contribution < -0.4 is 9.47 Å². The van der Waals surface area contributed by atoms with Crippen LogP contribution in [-0.4, -0.2) is 28.8 Å². The van der Waals surface area contributed by atoms with E-state index in [0.29, 0.717) is 10.8 Å². The molecule has 34 heavy (non-hydrogen) atoms. The van der Waals surface area contributed by atoms with Crippen molar-refractivity contribution in [2.45, 2.75) is 23.5 Å². The standard InChI is InChI=1S/C22H14Cl2O8S2/c1-11(25)31-13-9-19-16-4-6-18-15(7-8-21(33(23,27)28)22(18)34(24,29)30)14(16)3-5-17(19)20(10-13)32-12(2)26/h3-10H,1-2H3/i1T3,2T3. The fraction of sp³-hybridized carbons (Fsp3) is 0.0909. The Kier molecular flexibility index (Phi) is 4.32. The van der Waals surface area contributed by atoms with Gasteiger partial charge in [0, 0.05) is 60.1 Å². The van der Waals surface area contributed by atoms with Crippen LogP contribution in [0.15, 0.2) is 58.3 Å². The van der Waals surface area contributed by atoms with Gasteiger partial charge in [0.05, 0.1) is 0 Å². The molecule has 176 valence electrons. The third-order valence-corrected chi connectivity index (χ3v) is 7.78. The van der Waals surface area contributed by atoms with Crippen LogP contribution >= 0.6 is 21.4 Å². The first kappa shape index (κ1) is 17.5. The van der Waals surface area contributed by atoms with Crippen molar-refractivity contribution in [1.29, 1.82) is 0 Å². The van der Waals surface area contributed by atoms with Crippen molar-refractivity contribution in [3.63, 3.8) is 0 Å². The lowest BCUT2D eigenvalue weighted by Crippen LogP contribution is -2.05. The number of hydrogen-bond acceptors (Lipinski definition) is 8. The highest BCUT2D eigenvalue weighted by atomic mass is 35.7. The van der Waals surface area contributed by atoms with Gasteiger partial charge in [0.15, 0.2) is 0 Å². The molecule has 4 rings (SSSR count). The molecule has 0 amide bonds. The smallest absolute Gasteiger partial charge is 0.308 e. The monoisotopic (exact) mass is 552 g/mol. The van der Waals surface area contributed by atoms with Crippen molar-refractivity contribution >= 4 is 83.7 Å². The van der Waals surface area contributed by atoms with Crippen LogP contribution in [0.3, 0.4) is 0 Å². The Morgan fingerprint density at radius 1 is 0.706 bits per heavy atom. The van der Waals surface area contributed by atoms with Crippen LogP contribution in [0.2, 0.25) is 0 Å². The minimum atomic E-state index is -4.64. The number of halogens is 2. The molecule has 0 bridgehead atoms. The summed E-state index contributed by atoms with van der Waals surface area (Å²) in [7, 11) is 1.83. The summed E-state index contributed by atoms with van der Waals surface area (Å²) in [6.07, 6.45) is 0. The molecule has 0 spiro atoms. The van der Waals surface area contributed by atoms with Gasteiger partial charge in [0.25, 0.3) is 18.1 Å². The van der Waals surface area contributed by atoms with Gasteiger partial charge in [-0.1, -0.05) is 24.3 Å². The average Bonchev–Trinajstić information content (AvgIpc) is 2.80. The molecule has 0 saturated carbocycles. The van der Waals surface area contributed by atoms with Crippen molar-refractivity contribution in [2.75, 3.05) is 0 Å². The molecule has 0 aliphatic heterocycles. The Bertz CT molecular complexity index is 1970. The minimum absolute atomic E-state index is 0.0948. The molecular weight excluding hydrogens is 527 g/mol. The zero-order valence-corrected chi connectivity index (χ0v) is 19.6. The topological polar surface area (TPSA) is 121 Å². The molecule has 0 N–H and O–H groups in total. The molecule has 0 aliphatic rings. The third-order valence-electron chi connectivity index (χ3n) is 4.90. The van der Waals surface area contributed by atoms with Crippen LogP contribution in [0.1, 0.15) is 21.9 Å². The van der Waals surface area contributed by atoms with E-state index in [1.54, 1.807) is 0 Å². The first-order valence-corrected chi connectivity index (χ1v) is 13.6. The lowest BCUT2D eigenvalue weighted by molar-refractivity contribution is -0.132. The maximum atomic E-state index is 12.4. The van der Waals surface area contributed by atoms with Crippen molar-refractivity contribution in [3.05, 3.63) is 48.5 Å². The van der Waals surface area contributed by atoms with Gasteiger partial charge in [0.1, 0.15) is 21.3 Å². The maximum absolute atomic E-state index is 12.4. The van der Waals surface area contributed by atoms with Gasteiger partial charge < -0.3 is 9.47 Å². The Balaban J connectivity index is 2.09. The second kappa shape index (κ2) is 8.38. The number of benzene rings is 4. The van der Waals surface area contributed by atoms with E-state index >= 15 is 0 Å². The van der Waals surface area contributed by atoms with Gasteiger partial charge in [-0.15, -0.1) is 0 Å². The second-order valence-electron chi connectivity index (χ2n) is 6.89. The normalized spacial score (nSPS) is 15.6. The third kappa shape index (κ3) is 4.41. The van der Waals surface area contributed by atoms with E-state index in [1.165, 1.54) is 36.4 Å². The lowest BCUT2D eigenvalue weighted by Gasteiger charge is -2.14. The van der Waals surface area contributed by atoms with Crippen LogP contribution in [0.25, 0.3) is 32.3 Å². The maximum Gasteiger partial charge on any atom is 0.308 e. The zero-order valence-electron chi connectivity index (χ0n) is 22.5. The summed E-state index contributed by atoms with van der Waals surface area (Å²) in [5.74, 6) is -4.00. The number of carbonyl (C=O) groups is 2. The SMILES string of the molecule is [3H]C([3H])([3H])C(=O)Oc1cc(OC(=O)C([3H])([3H])[3H])c2ccc3c4ccc(S(=O)(=O)Cl)c(S(=O)(=O)Cl)c4ccc3c2c1. The van der Waals surface area contributed by atoms with Crippen LogP contribution in [0.5, 0.6) is 11.5 Å². The number of hydrogen-bond donors (Lipinski definition) is 0. The molecule has 12 heteroatoms. The Labute approximate surface area is 211 Å². The molecule has 0 radical (unpaired) electrons. The number of rotatable bonds is 4. The first-order valence-electron chi connectivity index (χ1n) is 12.0. The number of fused-ring (bicyclic) bond motifs is 5. The lowest BCUT2D eigenvalue weighted by atomic mass is 9.96. The molecule has 0 saturated heterocycles. The van der Waals surface area contributed by atoms with E-state index in [4.69, 9.17) is 39.1 Å². The molecule has 0 aliphatic carbocycles. The number of esters is 2. The van der Waals surface area contributed by atoms with Crippen LogP contribution in [-0.2, 0) is 27.7 Å². The van der Waals surface area contributed by atoms with E-state index in [-0.39, 0.29) is 27.3 Å². The number of carbonyl (C=O) groups excluding carboxylic acids is 2. The Hall–Kier alpha value is -2.92. The fourth-order valence-corrected chi connectivity index (χ4v) is 6.88. The van der Waals surface area contributed by atoms with Gasteiger partial charge in [-0.3, -0.25) is 9.59 Å². The summed E-state index contributed by atoms with van der Waals surface area (Å²) in [4.78, 5) is 22.7. The molecule has 0 unspecified atom stereocenters. The van der Waals surface area contributed by atoms with Crippen LogP contribution in [0, 0.1) is 0 Å². The summed E-state index contributed by atoms with van der Waals surface area (Å²) in [6, 6.07) is 9.90. The highest BCUT2D eigenvalue weighted by Crippen LogP contribution is 2.41. The predicted molar refractivity (Wildman–Crippen MR) is 128 cm³/mol. The first-order chi connectivity index (χ1) is 18.2. The van der Waals surface area contributed by atoms with Crippen molar-refractivity contribution in [2.24, 2.45) is 0 Å². The molecule has 0 aromatic heterocycles. The Morgan fingerprint density at radius 3 is 1.85 bits per heavy atom. The minimum Gasteiger partial charge on any atom is -0.427 e. The highest BCUT2D eigenvalue weighted by molar-refractivity contribution is 8.16. The average molecular weight is 553 g/mol. The molecule has 0 heterocycles. The molecule has 0 fully saturated rings. The Morgan fingerprint density at radius 2 is 1.24 bits per heavy atom. The summed E-state index contributed by atoms with van der Waals surface area (Å²) in [5.41, 5.74) is 0. The van der Waals surface area contributed by atoms with E-state index in [2.05, 4.69) is 0 Å². The molecule has 8 nitrogen and oxygen atoms in total. The quantitative estimate of drug-likeness (QED) is 0.152. The number of ether oxygens (including phenoxy) is 2. The summed E-state index contributed by atoms with van der Waals surface area (Å²) >= 11 is 0. The van der Waals surface area contributed by atoms with E-state index in [1.807, 2.05) is 0 Å². The van der Waals surface area contributed by atoms with Gasteiger partial charge in [-0.05, 0) is 39.7 Å². The highest BCUT2D eigenvalue weighted by Gasteiger charge is 2.27. The predicted octanol–water partition coefficient (Wildman–Crippen LogP) is 4.85. The summed E-state index contributed by atoms with van der Waals surface area (Å²) < 4.78 is 102. The van der Waals surface area contributed by atoms with Gasteiger partial charge in [-0.2, -0.15) is 0 Å². The molecule has 0 atom stereocenters. The van der Waals surface area contributed by atoms with E-state index in [0.717, 1.165) is 12.1 Å².